The number of carbonyl (C=O) groups is 1. The van der Waals surface area contributed by atoms with E-state index in [0.29, 0.717) is 5.82 Å². The Morgan fingerprint density at radius 2 is 2.39 bits per heavy atom. The standard InChI is InChI=1S/C9H11N5O3S/c10-2-7-3-12-13-9(7)14-4-6(1-8(14)15)5-18(11,16)17/h3,6H,1,4-5H2,(H,12,13)(H2,11,16,17). The van der Waals surface area contributed by atoms with Gasteiger partial charge in [-0.2, -0.15) is 10.4 Å². The van der Waals surface area contributed by atoms with Gasteiger partial charge in [0, 0.05) is 18.9 Å². The number of nitrogens with zero attached hydrogens (tertiary/aromatic N) is 3. The first-order valence-electron chi connectivity index (χ1n) is 5.15. The lowest BCUT2D eigenvalue weighted by molar-refractivity contribution is -0.117. The maximum atomic E-state index is 11.8. The molecule has 2 heterocycles. The summed E-state index contributed by atoms with van der Waals surface area (Å²) in [6.07, 6.45) is 1.41. The van der Waals surface area contributed by atoms with Gasteiger partial charge in [-0.1, -0.05) is 0 Å². The highest BCUT2D eigenvalue weighted by molar-refractivity contribution is 7.89. The summed E-state index contributed by atoms with van der Waals surface area (Å²) in [5, 5.41) is 20.0. The number of nitriles is 1. The highest BCUT2D eigenvalue weighted by atomic mass is 32.2. The molecule has 8 nitrogen and oxygen atoms in total. The number of primary sulfonamides is 1. The van der Waals surface area contributed by atoms with Crippen LogP contribution in [0.2, 0.25) is 0 Å². The van der Waals surface area contributed by atoms with Crippen molar-refractivity contribution < 1.29 is 13.2 Å². The maximum Gasteiger partial charge on any atom is 0.228 e. The predicted octanol–water partition coefficient (Wildman–Crippen LogP) is -1.08. The van der Waals surface area contributed by atoms with E-state index in [1.165, 1.54) is 11.1 Å². The number of nitrogens with one attached hydrogen (secondary N) is 1. The molecule has 0 aromatic carbocycles. The molecule has 18 heavy (non-hydrogen) atoms. The lowest BCUT2D eigenvalue weighted by Gasteiger charge is -2.14. The Balaban J connectivity index is 2.18. The van der Waals surface area contributed by atoms with Crippen molar-refractivity contribution in [3.63, 3.8) is 0 Å². The molecule has 0 saturated carbocycles. The molecule has 3 N–H and O–H groups in total. The Bertz CT molecular complexity index is 614. The zero-order valence-corrected chi connectivity index (χ0v) is 10.1. The molecule has 1 fully saturated rings. The summed E-state index contributed by atoms with van der Waals surface area (Å²) in [7, 11) is -3.61. The van der Waals surface area contributed by atoms with Gasteiger partial charge in [0.05, 0.1) is 11.9 Å². The third kappa shape index (κ3) is 2.49. The van der Waals surface area contributed by atoms with Gasteiger partial charge in [-0.3, -0.25) is 14.8 Å². The van der Waals surface area contributed by atoms with Crippen LogP contribution < -0.4 is 10.0 Å². The minimum absolute atomic E-state index is 0.0975. The molecule has 1 aliphatic heterocycles. The molecule has 0 aliphatic carbocycles. The number of anilines is 1. The molecule has 0 radical (unpaired) electrons. The number of aromatic amines is 1. The lowest BCUT2D eigenvalue weighted by Crippen LogP contribution is -2.28. The fourth-order valence-electron chi connectivity index (χ4n) is 2.00. The van der Waals surface area contributed by atoms with E-state index >= 15 is 0 Å². The van der Waals surface area contributed by atoms with Crippen LogP contribution in [0, 0.1) is 17.2 Å². The van der Waals surface area contributed by atoms with E-state index in [2.05, 4.69) is 10.2 Å². The molecule has 0 bridgehead atoms. The van der Waals surface area contributed by atoms with Crippen LogP contribution in [0.25, 0.3) is 0 Å². The molecule has 96 valence electrons. The minimum Gasteiger partial charge on any atom is -0.296 e. The van der Waals surface area contributed by atoms with Gasteiger partial charge in [0.2, 0.25) is 15.9 Å². The second-order valence-corrected chi connectivity index (χ2v) is 5.81. The van der Waals surface area contributed by atoms with E-state index in [1.807, 2.05) is 6.07 Å². The Morgan fingerprint density at radius 3 is 3.00 bits per heavy atom. The molecule has 1 aromatic rings. The summed E-state index contributed by atoms with van der Waals surface area (Å²) < 4.78 is 22.0. The van der Waals surface area contributed by atoms with Crippen molar-refractivity contribution in [1.29, 1.82) is 5.26 Å². The van der Waals surface area contributed by atoms with E-state index in [4.69, 9.17) is 10.4 Å². The summed E-state index contributed by atoms with van der Waals surface area (Å²) >= 11 is 0. The van der Waals surface area contributed by atoms with Crippen LogP contribution in [0.5, 0.6) is 0 Å². The molecule has 1 atom stereocenters. The topological polar surface area (TPSA) is 133 Å². The molecular formula is C9H11N5O3S. The van der Waals surface area contributed by atoms with E-state index in [-0.39, 0.29) is 36.1 Å². The molecule has 0 spiro atoms. The first kappa shape index (κ1) is 12.5. The fourth-order valence-corrected chi connectivity index (χ4v) is 2.89. The van der Waals surface area contributed by atoms with E-state index < -0.39 is 10.0 Å². The number of sulfonamides is 1. The molecule has 1 unspecified atom stereocenters. The number of hydrogen-bond acceptors (Lipinski definition) is 5. The molecule has 1 aromatic heterocycles. The van der Waals surface area contributed by atoms with Gasteiger partial charge in [-0.15, -0.1) is 0 Å². The van der Waals surface area contributed by atoms with Crippen LogP contribution in [0.4, 0.5) is 5.82 Å². The molecular weight excluding hydrogens is 258 g/mol. The van der Waals surface area contributed by atoms with Gasteiger partial charge in [-0.05, 0) is 0 Å². The zero-order valence-electron chi connectivity index (χ0n) is 9.33. The Hall–Kier alpha value is -1.92. The second-order valence-electron chi connectivity index (χ2n) is 4.15. The van der Waals surface area contributed by atoms with Crippen LogP contribution in [0.15, 0.2) is 6.20 Å². The van der Waals surface area contributed by atoms with Crippen LogP contribution in [-0.2, 0) is 14.8 Å². The average molecular weight is 269 g/mol. The molecule has 1 aliphatic rings. The number of aromatic nitrogens is 2. The normalized spacial score (nSPS) is 20.1. The van der Waals surface area contributed by atoms with Crippen molar-refractivity contribution in [3.8, 4) is 6.07 Å². The van der Waals surface area contributed by atoms with Crippen molar-refractivity contribution in [2.45, 2.75) is 6.42 Å². The Kier molecular flexibility index (Phi) is 3.06. The monoisotopic (exact) mass is 269 g/mol. The molecule has 1 amide bonds. The van der Waals surface area contributed by atoms with E-state index in [1.54, 1.807) is 0 Å². The third-order valence-corrected chi connectivity index (χ3v) is 3.62. The van der Waals surface area contributed by atoms with Gasteiger partial charge in [0.1, 0.15) is 17.5 Å². The van der Waals surface area contributed by atoms with Crippen molar-refractivity contribution in [2.24, 2.45) is 11.1 Å². The van der Waals surface area contributed by atoms with Crippen LogP contribution >= 0.6 is 0 Å². The average Bonchev–Trinajstić information content (AvgIpc) is 2.81. The second kappa shape index (κ2) is 4.40. The highest BCUT2D eigenvalue weighted by Gasteiger charge is 2.34. The Morgan fingerprint density at radius 1 is 1.67 bits per heavy atom. The zero-order chi connectivity index (χ0) is 13.3. The molecule has 1 saturated heterocycles. The third-order valence-electron chi connectivity index (χ3n) is 2.68. The number of carbonyl (C=O) groups excluding carboxylic acids is 1. The largest absolute Gasteiger partial charge is 0.296 e. The first-order valence-corrected chi connectivity index (χ1v) is 6.86. The van der Waals surface area contributed by atoms with Gasteiger partial charge in [0.25, 0.3) is 0 Å². The van der Waals surface area contributed by atoms with E-state index in [9.17, 15) is 13.2 Å². The summed E-state index contributed by atoms with van der Waals surface area (Å²) in [5.74, 6) is -0.545. The SMILES string of the molecule is N#Cc1cn[nH]c1N1CC(CS(N)(=O)=O)CC1=O. The van der Waals surface area contributed by atoms with Crippen molar-refractivity contribution in [1.82, 2.24) is 10.2 Å². The fraction of sp³-hybridized carbons (Fsp3) is 0.444. The smallest absolute Gasteiger partial charge is 0.228 e. The van der Waals surface area contributed by atoms with Crippen molar-refractivity contribution >= 4 is 21.7 Å². The van der Waals surface area contributed by atoms with Crippen LogP contribution in [0.1, 0.15) is 12.0 Å². The van der Waals surface area contributed by atoms with E-state index in [0.717, 1.165) is 0 Å². The van der Waals surface area contributed by atoms with Crippen molar-refractivity contribution in [2.75, 3.05) is 17.2 Å². The highest BCUT2D eigenvalue weighted by Crippen LogP contribution is 2.26. The maximum absolute atomic E-state index is 11.8. The number of nitrogens with two attached hydrogens (primary N) is 1. The summed E-state index contributed by atoms with van der Waals surface area (Å²) in [5.41, 5.74) is 0.250. The van der Waals surface area contributed by atoms with Gasteiger partial charge in [0.15, 0.2) is 0 Å². The van der Waals surface area contributed by atoms with Gasteiger partial charge < -0.3 is 0 Å². The van der Waals surface area contributed by atoms with Crippen LogP contribution in [-0.4, -0.2) is 36.8 Å². The number of H-pyrrole nitrogens is 1. The summed E-state index contributed by atoms with van der Waals surface area (Å²) in [4.78, 5) is 13.1. The number of rotatable bonds is 3. The van der Waals surface area contributed by atoms with Crippen molar-refractivity contribution in [3.05, 3.63) is 11.8 Å². The van der Waals surface area contributed by atoms with Crippen LogP contribution in [0.3, 0.4) is 0 Å². The minimum atomic E-state index is -3.61. The quantitative estimate of drug-likeness (QED) is 0.720. The van der Waals surface area contributed by atoms with Gasteiger partial charge in [-0.25, -0.2) is 13.6 Å². The number of hydrogen-bond donors (Lipinski definition) is 2. The molecule has 9 heteroatoms. The number of amides is 1. The lowest BCUT2D eigenvalue weighted by atomic mass is 10.1. The predicted molar refractivity (Wildman–Crippen MR) is 61.7 cm³/mol. The Labute approximate surface area is 103 Å². The molecule has 2 rings (SSSR count). The first-order chi connectivity index (χ1) is 8.40. The summed E-state index contributed by atoms with van der Waals surface area (Å²) in [6, 6.07) is 1.91. The summed E-state index contributed by atoms with van der Waals surface area (Å²) in [6.45, 7) is 0.214. The van der Waals surface area contributed by atoms with Gasteiger partial charge >= 0.3 is 0 Å².